The predicted molar refractivity (Wildman–Crippen MR) is 89.1 cm³/mol. The molecule has 2 aromatic heterocycles. The van der Waals surface area contributed by atoms with Crippen molar-refractivity contribution in [3.8, 4) is 0 Å². The summed E-state index contributed by atoms with van der Waals surface area (Å²) in [5, 5.41) is 12.2. The van der Waals surface area contributed by atoms with Crippen molar-refractivity contribution in [2.45, 2.75) is 40.8 Å². The summed E-state index contributed by atoms with van der Waals surface area (Å²) < 4.78 is 4.44. The fourth-order valence-corrected chi connectivity index (χ4v) is 2.63. The molecule has 2 rings (SSSR count). The van der Waals surface area contributed by atoms with E-state index < -0.39 is 0 Å². The minimum atomic E-state index is -0.0780. The van der Waals surface area contributed by atoms with Crippen LogP contribution in [-0.2, 0) is 17.9 Å². The normalized spacial score (nSPS) is 11.0. The van der Waals surface area contributed by atoms with Crippen LogP contribution in [0.25, 0.3) is 0 Å². The van der Waals surface area contributed by atoms with E-state index in [1.165, 1.54) is 0 Å². The van der Waals surface area contributed by atoms with Gasteiger partial charge in [0.15, 0.2) is 0 Å². The van der Waals surface area contributed by atoms with Crippen LogP contribution in [0, 0.1) is 27.7 Å². The minimum absolute atomic E-state index is 0.0780. The van der Waals surface area contributed by atoms with Crippen molar-refractivity contribution in [1.82, 2.24) is 24.9 Å². The Labute approximate surface area is 143 Å². The van der Waals surface area contributed by atoms with E-state index in [0.717, 1.165) is 27.2 Å². The highest BCUT2D eigenvalue weighted by Gasteiger charge is 2.12. The van der Waals surface area contributed by atoms with E-state index in [4.69, 9.17) is 11.6 Å². The van der Waals surface area contributed by atoms with Gasteiger partial charge in [-0.15, -0.1) is 0 Å². The highest BCUT2D eigenvalue weighted by Crippen LogP contribution is 2.19. The van der Waals surface area contributed by atoms with Crippen molar-refractivity contribution >= 4 is 33.4 Å². The zero-order chi connectivity index (χ0) is 16.4. The Kier molecular flexibility index (Phi) is 5.28. The third-order valence-electron chi connectivity index (χ3n) is 3.53. The van der Waals surface area contributed by atoms with Crippen LogP contribution in [0.4, 0.5) is 0 Å². The largest absolute Gasteiger partial charge is 0.353 e. The van der Waals surface area contributed by atoms with E-state index in [9.17, 15) is 4.79 Å². The van der Waals surface area contributed by atoms with Gasteiger partial charge in [-0.25, -0.2) is 0 Å². The monoisotopic (exact) mass is 387 g/mol. The van der Waals surface area contributed by atoms with E-state index in [1.54, 1.807) is 9.36 Å². The van der Waals surface area contributed by atoms with Crippen LogP contribution < -0.4 is 5.32 Å². The first-order valence-electron chi connectivity index (χ1n) is 6.97. The lowest BCUT2D eigenvalue weighted by molar-refractivity contribution is -0.121. The molecule has 2 aromatic rings. The highest BCUT2D eigenvalue weighted by molar-refractivity contribution is 9.10. The molecule has 0 saturated heterocycles. The lowest BCUT2D eigenvalue weighted by atomic mass is 10.4. The van der Waals surface area contributed by atoms with Crippen LogP contribution in [0.5, 0.6) is 0 Å². The third kappa shape index (κ3) is 3.52. The Morgan fingerprint density at radius 1 is 1.14 bits per heavy atom. The standard InChI is InChI=1S/C14H19BrClN5O/c1-8-13(15)10(3)21(18-8)7-12(22)17-5-6-20-11(4)14(16)9(2)19-20/h5-7H2,1-4H3,(H,17,22). The van der Waals surface area contributed by atoms with Crippen molar-refractivity contribution in [3.05, 3.63) is 32.3 Å². The first-order valence-corrected chi connectivity index (χ1v) is 8.14. The van der Waals surface area contributed by atoms with Crippen molar-refractivity contribution in [1.29, 1.82) is 0 Å². The summed E-state index contributed by atoms with van der Waals surface area (Å²) in [5.41, 5.74) is 3.54. The molecule has 0 fully saturated rings. The summed E-state index contributed by atoms with van der Waals surface area (Å²) in [7, 11) is 0. The molecule has 0 aromatic carbocycles. The van der Waals surface area contributed by atoms with Crippen molar-refractivity contribution in [2.75, 3.05) is 6.54 Å². The van der Waals surface area contributed by atoms with Crippen LogP contribution in [-0.4, -0.2) is 32.0 Å². The Morgan fingerprint density at radius 3 is 2.27 bits per heavy atom. The van der Waals surface area contributed by atoms with Gasteiger partial charge in [0.25, 0.3) is 0 Å². The zero-order valence-electron chi connectivity index (χ0n) is 13.1. The van der Waals surface area contributed by atoms with Gasteiger partial charge in [-0.2, -0.15) is 10.2 Å². The smallest absolute Gasteiger partial charge is 0.241 e. The number of halogens is 2. The third-order valence-corrected chi connectivity index (χ3v) is 5.22. The maximum absolute atomic E-state index is 12.0. The van der Waals surface area contributed by atoms with Gasteiger partial charge >= 0.3 is 0 Å². The molecule has 0 saturated carbocycles. The highest BCUT2D eigenvalue weighted by atomic mass is 79.9. The van der Waals surface area contributed by atoms with Crippen molar-refractivity contribution in [2.24, 2.45) is 0 Å². The molecule has 6 nitrogen and oxygen atoms in total. The fraction of sp³-hybridized carbons (Fsp3) is 0.500. The van der Waals surface area contributed by atoms with Gasteiger partial charge in [-0.1, -0.05) is 11.6 Å². The molecule has 0 bridgehead atoms. The topological polar surface area (TPSA) is 64.7 Å². The Hall–Kier alpha value is -1.34. The van der Waals surface area contributed by atoms with Gasteiger partial charge in [0.2, 0.25) is 5.91 Å². The number of amides is 1. The molecule has 120 valence electrons. The van der Waals surface area contributed by atoms with Gasteiger partial charge in [0.05, 0.1) is 38.8 Å². The van der Waals surface area contributed by atoms with E-state index in [0.29, 0.717) is 18.1 Å². The summed E-state index contributed by atoms with van der Waals surface area (Å²) >= 11 is 9.55. The van der Waals surface area contributed by atoms with Gasteiger partial charge < -0.3 is 5.32 Å². The average molecular weight is 389 g/mol. The molecule has 0 spiro atoms. The number of rotatable bonds is 5. The summed E-state index contributed by atoms with van der Waals surface area (Å²) in [6, 6.07) is 0. The number of carbonyl (C=O) groups excluding carboxylic acids is 1. The van der Waals surface area contributed by atoms with E-state index in [-0.39, 0.29) is 12.5 Å². The molecule has 0 atom stereocenters. The molecule has 2 heterocycles. The van der Waals surface area contributed by atoms with Gasteiger partial charge in [0, 0.05) is 6.54 Å². The van der Waals surface area contributed by atoms with E-state index in [2.05, 4.69) is 31.4 Å². The van der Waals surface area contributed by atoms with E-state index in [1.807, 2.05) is 27.7 Å². The number of carbonyl (C=O) groups is 1. The van der Waals surface area contributed by atoms with Crippen LogP contribution in [0.15, 0.2) is 4.47 Å². The van der Waals surface area contributed by atoms with Crippen LogP contribution in [0.1, 0.15) is 22.8 Å². The predicted octanol–water partition coefficient (Wildman–Crippen LogP) is 2.55. The molecule has 22 heavy (non-hydrogen) atoms. The first-order chi connectivity index (χ1) is 10.3. The number of hydrogen-bond donors (Lipinski definition) is 1. The maximum Gasteiger partial charge on any atom is 0.241 e. The number of aryl methyl sites for hydroxylation is 2. The summed E-state index contributed by atoms with van der Waals surface area (Å²) in [6.45, 7) is 8.90. The van der Waals surface area contributed by atoms with Crippen LogP contribution in [0.2, 0.25) is 5.02 Å². The Balaban J connectivity index is 1.88. The molecule has 8 heteroatoms. The molecule has 0 aliphatic carbocycles. The second-order valence-corrected chi connectivity index (χ2v) is 6.37. The average Bonchev–Trinajstić information content (AvgIpc) is 2.85. The molecular formula is C14H19BrClN5O. The van der Waals surface area contributed by atoms with Gasteiger partial charge in [0.1, 0.15) is 6.54 Å². The summed E-state index contributed by atoms with van der Waals surface area (Å²) in [4.78, 5) is 12.0. The summed E-state index contributed by atoms with van der Waals surface area (Å²) in [5.74, 6) is -0.0780. The Bertz CT molecular complexity index is 707. The van der Waals surface area contributed by atoms with Crippen molar-refractivity contribution < 1.29 is 4.79 Å². The molecule has 0 aliphatic heterocycles. The van der Waals surface area contributed by atoms with Gasteiger partial charge in [-0.3, -0.25) is 14.2 Å². The van der Waals surface area contributed by atoms with Crippen molar-refractivity contribution in [3.63, 3.8) is 0 Å². The number of hydrogen-bond acceptors (Lipinski definition) is 3. The quantitative estimate of drug-likeness (QED) is 0.856. The molecular weight excluding hydrogens is 370 g/mol. The zero-order valence-corrected chi connectivity index (χ0v) is 15.4. The van der Waals surface area contributed by atoms with Crippen LogP contribution >= 0.6 is 27.5 Å². The van der Waals surface area contributed by atoms with Crippen LogP contribution in [0.3, 0.4) is 0 Å². The summed E-state index contributed by atoms with van der Waals surface area (Å²) in [6.07, 6.45) is 0. The molecule has 1 amide bonds. The molecule has 1 N–H and O–H groups in total. The number of aromatic nitrogens is 4. The second-order valence-electron chi connectivity index (χ2n) is 5.20. The second kappa shape index (κ2) is 6.83. The molecule has 0 unspecified atom stereocenters. The molecule has 0 radical (unpaired) electrons. The number of nitrogens with zero attached hydrogens (tertiary/aromatic N) is 4. The Morgan fingerprint density at radius 2 is 1.77 bits per heavy atom. The lowest BCUT2D eigenvalue weighted by Gasteiger charge is -2.08. The number of nitrogens with one attached hydrogen (secondary N) is 1. The fourth-order valence-electron chi connectivity index (χ4n) is 2.21. The van der Waals surface area contributed by atoms with E-state index >= 15 is 0 Å². The first kappa shape index (κ1) is 17.0. The maximum atomic E-state index is 12.0. The minimum Gasteiger partial charge on any atom is -0.353 e. The van der Waals surface area contributed by atoms with Gasteiger partial charge in [-0.05, 0) is 43.6 Å². The lowest BCUT2D eigenvalue weighted by Crippen LogP contribution is -2.31. The molecule has 0 aliphatic rings. The SMILES string of the molecule is Cc1nn(CCNC(=O)Cn2nc(C)c(Br)c2C)c(C)c1Cl.